The second-order valence-electron chi connectivity index (χ2n) is 3.44. The van der Waals surface area contributed by atoms with Crippen LogP contribution in [0.2, 0.25) is 5.02 Å². The molecule has 17 heavy (non-hydrogen) atoms. The molecule has 0 aliphatic carbocycles. The molecule has 0 heterocycles. The van der Waals surface area contributed by atoms with Crippen LogP contribution in [-0.4, -0.2) is 5.78 Å². The Bertz CT molecular complexity index is 583. The quantitative estimate of drug-likeness (QED) is 0.576. The molecular weight excluding hydrogens is 353 g/mol. The monoisotopic (exact) mass is 360 g/mol. The van der Waals surface area contributed by atoms with Gasteiger partial charge in [-0.2, -0.15) is 0 Å². The smallest absolute Gasteiger partial charge is 0.194 e. The summed E-state index contributed by atoms with van der Waals surface area (Å²) in [6, 6.07) is 11.3. The SMILES string of the molecule is O=C(c1ccc(Cl)c(F)c1)c1ccccc1I. The summed E-state index contributed by atoms with van der Waals surface area (Å²) < 4.78 is 14.1. The summed E-state index contributed by atoms with van der Waals surface area (Å²) in [4.78, 5) is 12.1. The molecule has 86 valence electrons. The average molecular weight is 361 g/mol. The van der Waals surface area contributed by atoms with E-state index in [0.717, 1.165) is 9.64 Å². The standard InChI is InChI=1S/C13H7ClFIO/c14-10-6-5-8(7-11(10)15)13(17)9-3-1-2-4-12(9)16/h1-7H. The Morgan fingerprint density at radius 1 is 1.18 bits per heavy atom. The van der Waals surface area contributed by atoms with Gasteiger partial charge in [-0.1, -0.05) is 23.7 Å². The molecule has 4 heteroatoms. The largest absolute Gasteiger partial charge is 0.289 e. The lowest BCUT2D eigenvalue weighted by Crippen LogP contribution is -2.03. The van der Waals surface area contributed by atoms with E-state index in [1.165, 1.54) is 12.1 Å². The minimum atomic E-state index is -0.580. The van der Waals surface area contributed by atoms with Gasteiger partial charge in [-0.05, 0) is 52.9 Å². The van der Waals surface area contributed by atoms with E-state index in [0.29, 0.717) is 11.1 Å². The Morgan fingerprint density at radius 3 is 2.53 bits per heavy atom. The third-order valence-corrected chi connectivity index (χ3v) is 3.55. The van der Waals surface area contributed by atoms with E-state index in [-0.39, 0.29) is 10.8 Å². The Labute approximate surface area is 117 Å². The van der Waals surface area contributed by atoms with Gasteiger partial charge in [0.25, 0.3) is 0 Å². The summed E-state index contributed by atoms with van der Waals surface area (Å²) in [5.41, 5.74) is 0.867. The van der Waals surface area contributed by atoms with Crippen molar-refractivity contribution in [1.82, 2.24) is 0 Å². The Morgan fingerprint density at radius 2 is 1.88 bits per heavy atom. The molecule has 2 rings (SSSR count). The van der Waals surface area contributed by atoms with Crippen LogP contribution >= 0.6 is 34.2 Å². The zero-order valence-corrected chi connectivity index (χ0v) is 11.5. The van der Waals surface area contributed by atoms with Crippen LogP contribution in [-0.2, 0) is 0 Å². The Kier molecular flexibility index (Phi) is 3.79. The summed E-state index contributed by atoms with van der Waals surface area (Å²) in [5.74, 6) is -0.783. The first-order valence-electron chi connectivity index (χ1n) is 4.84. The van der Waals surface area contributed by atoms with Gasteiger partial charge < -0.3 is 0 Å². The second-order valence-corrected chi connectivity index (χ2v) is 5.01. The number of hydrogen-bond donors (Lipinski definition) is 0. The molecule has 0 saturated carbocycles. The van der Waals surface area contributed by atoms with Crippen molar-refractivity contribution < 1.29 is 9.18 Å². The van der Waals surface area contributed by atoms with Gasteiger partial charge in [0, 0.05) is 14.7 Å². The highest BCUT2D eigenvalue weighted by molar-refractivity contribution is 14.1. The molecule has 0 amide bonds. The summed E-state index contributed by atoms with van der Waals surface area (Å²) in [6.45, 7) is 0. The van der Waals surface area contributed by atoms with E-state index in [2.05, 4.69) is 22.6 Å². The molecule has 0 radical (unpaired) electrons. The van der Waals surface area contributed by atoms with Crippen molar-refractivity contribution in [3.05, 3.63) is 68.0 Å². The van der Waals surface area contributed by atoms with Crippen molar-refractivity contribution in [2.75, 3.05) is 0 Å². The maximum absolute atomic E-state index is 13.3. The molecule has 0 saturated heterocycles. The molecule has 0 N–H and O–H groups in total. The van der Waals surface area contributed by atoms with E-state index in [9.17, 15) is 9.18 Å². The van der Waals surface area contributed by atoms with Crippen LogP contribution in [0.3, 0.4) is 0 Å². The lowest BCUT2D eigenvalue weighted by Gasteiger charge is -2.04. The average Bonchev–Trinajstić information content (AvgIpc) is 2.32. The minimum absolute atomic E-state index is 0.0179. The maximum Gasteiger partial charge on any atom is 0.194 e. The van der Waals surface area contributed by atoms with E-state index >= 15 is 0 Å². The topological polar surface area (TPSA) is 17.1 Å². The summed E-state index contributed by atoms with van der Waals surface area (Å²) in [7, 11) is 0. The fourth-order valence-corrected chi connectivity index (χ4v) is 2.19. The fraction of sp³-hybridized carbons (Fsp3) is 0. The molecule has 0 aliphatic rings. The third-order valence-electron chi connectivity index (χ3n) is 2.30. The van der Waals surface area contributed by atoms with Gasteiger partial charge in [0.15, 0.2) is 5.78 Å². The predicted octanol–water partition coefficient (Wildman–Crippen LogP) is 4.31. The highest BCUT2D eigenvalue weighted by Gasteiger charge is 2.13. The Hall–Kier alpha value is -0.940. The highest BCUT2D eigenvalue weighted by Crippen LogP contribution is 2.20. The van der Waals surface area contributed by atoms with Crippen LogP contribution in [0.25, 0.3) is 0 Å². The number of hydrogen-bond acceptors (Lipinski definition) is 1. The summed E-state index contributed by atoms with van der Waals surface area (Å²) in [5, 5.41) is 0.0179. The zero-order valence-electron chi connectivity index (χ0n) is 8.58. The van der Waals surface area contributed by atoms with E-state index in [4.69, 9.17) is 11.6 Å². The number of rotatable bonds is 2. The Balaban J connectivity index is 2.44. The van der Waals surface area contributed by atoms with Crippen LogP contribution in [0.5, 0.6) is 0 Å². The summed E-state index contributed by atoms with van der Waals surface area (Å²) >= 11 is 7.65. The highest BCUT2D eigenvalue weighted by atomic mass is 127. The van der Waals surface area contributed by atoms with E-state index in [1.807, 2.05) is 12.1 Å². The molecule has 0 fully saturated rings. The first kappa shape index (κ1) is 12.5. The number of ketones is 1. The van der Waals surface area contributed by atoms with Gasteiger partial charge in [0.05, 0.1) is 5.02 Å². The van der Waals surface area contributed by atoms with Gasteiger partial charge in [-0.3, -0.25) is 4.79 Å². The molecule has 0 bridgehead atoms. The van der Waals surface area contributed by atoms with Crippen LogP contribution in [0, 0.1) is 9.39 Å². The second kappa shape index (κ2) is 5.14. The number of carbonyl (C=O) groups excluding carboxylic acids is 1. The zero-order chi connectivity index (χ0) is 12.4. The molecule has 0 aliphatic heterocycles. The number of halogens is 3. The van der Waals surface area contributed by atoms with Crippen molar-refractivity contribution in [2.24, 2.45) is 0 Å². The van der Waals surface area contributed by atoms with Crippen molar-refractivity contribution in [3.63, 3.8) is 0 Å². The normalized spacial score (nSPS) is 10.3. The molecule has 2 aromatic rings. The van der Waals surface area contributed by atoms with Gasteiger partial charge in [-0.15, -0.1) is 0 Å². The lowest BCUT2D eigenvalue weighted by molar-refractivity contribution is 0.103. The number of carbonyl (C=O) groups is 1. The molecule has 0 spiro atoms. The van der Waals surface area contributed by atoms with Gasteiger partial charge in [0.2, 0.25) is 0 Å². The van der Waals surface area contributed by atoms with Crippen LogP contribution in [0.4, 0.5) is 4.39 Å². The van der Waals surface area contributed by atoms with Crippen molar-refractivity contribution in [2.45, 2.75) is 0 Å². The van der Waals surface area contributed by atoms with Crippen molar-refractivity contribution in [3.8, 4) is 0 Å². The van der Waals surface area contributed by atoms with Crippen molar-refractivity contribution in [1.29, 1.82) is 0 Å². The lowest BCUT2D eigenvalue weighted by atomic mass is 10.0. The van der Waals surface area contributed by atoms with Gasteiger partial charge in [-0.25, -0.2) is 4.39 Å². The molecule has 2 aromatic carbocycles. The van der Waals surface area contributed by atoms with Crippen LogP contribution in [0.1, 0.15) is 15.9 Å². The molecule has 0 atom stereocenters. The fourth-order valence-electron chi connectivity index (χ4n) is 1.44. The van der Waals surface area contributed by atoms with E-state index < -0.39 is 5.82 Å². The van der Waals surface area contributed by atoms with Gasteiger partial charge in [0.1, 0.15) is 5.82 Å². The maximum atomic E-state index is 13.3. The predicted molar refractivity (Wildman–Crippen MR) is 74.0 cm³/mol. The third kappa shape index (κ3) is 2.66. The van der Waals surface area contributed by atoms with Crippen molar-refractivity contribution >= 4 is 40.0 Å². The summed E-state index contributed by atoms with van der Waals surface area (Å²) in [6.07, 6.45) is 0. The van der Waals surface area contributed by atoms with Crippen LogP contribution in [0.15, 0.2) is 42.5 Å². The van der Waals surface area contributed by atoms with E-state index in [1.54, 1.807) is 12.1 Å². The molecule has 0 unspecified atom stereocenters. The van der Waals surface area contributed by atoms with Gasteiger partial charge >= 0.3 is 0 Å². The molecular formula is C13H7ClFIO. The minimum Gasteiger partial charge on any atom is -0.289 e. The van der Waals surface area contributed by atoms with Crippen LogP contribution < -0.4 is 0 Å². The molecule has 0 aromatic heterocycles. The number of benzene rings is 2. The first-order valence-corrected chi connectivity index (χ1v) is 6.29. The molecule has 1 nitrogen and oxygen atoms in total. The first-order chi connectivity index (χ1) is 8.09.